The predicted molar refractivity (Wildman–Crippen MR) is 99.8 cm³/mol. The Morgan fingerprint density at radius 3 is 1.19 bits per heavy atom. The molecule has 0 saturated heterocycles. The van der Waals surface area contributed by atoms with Gasteiger partial charge in [0.05, 0.1) is 0 Å². The van der Waals surface area contributed by atoms with Gasteiger partial charge < -0.3 is 9.80 Å². The molecule has 0 amide bonds. The average molecular weight is 290 g/mol. The van der Waals surface area contributed by atoms with Crippen LogP contribution in [0.1, 0.15) is 36.1 Å². The van der Waals surface area contributed by atoms with Gasteiger partial charge in [0.25, 0.3) is 0 Å². The highest BCUT2D eigenvalue weighted by Gasteiger charge is 1.99. The van der Waals surface area contributed by atoms with Gasteiger partial charge >= 0.3 is 0 Å². The summed E-state index contributed by atoms with van der Waals surface area (Å²) < 4.78 is 0. The standard InChI is InChI=1S/2C8H11N.3CH4/c2*1-7-4-5-9(3)8(2)6-7;;;/h2*4-6H,2H2,1,3H3;3*1H4. The molecule has 0 aromatic rings. The Morgan fingerprint density at radius 1 is 0.714 bits per heavy atom. The van der Waals surface area contributed by atoms with Crippen molar-refractivity contribution in [2.45, 2.75) is 36.1 Å². The Labute approximate surface area is 133 Å². The van der Waals surface area contributed by atoms with Crippen LogP contribution in [0.5, 0.6) is 0 Å². The zero-order valence-electron chi connectivity index (χ0n) is 11.8. The third-order valence-corrected chi connectivity index (χ3v) is 2.82. The van der Waals surface area contributed by atoms with Crippen molar-refractivity contribution in [3.63, 3.8) is 0 Å². The van der Waals surface area contributed by atoms with Crippen LogP contribution in [0.15, 0.2) is 72.4 Å². The van der Waals surface area contributed by atoms with E-state index in [1.165, 1.54) is 11.1 Å². The molecule has 0 bridgehead atoms. The zero-order valence-corrected chi connectivity index (χ0v) is 11.8. The van der Waals surface area contributed by atoms with Gasteiger partial charge in [0, 0.05) is 37.9 Å². The molecule has 0 unspecified atom stereocenters. The lowest BCUT2D eigenvalue weighted by molar-refractivity contribution is 0.584. The van der Waals surface area contributed by atoms with E-state index in [-0.39, 0.29) is 22.3 Å². The van der Waals surface area contributed by atoms with Gasteiger partial charge in [-0.1, -0.05) is 35.4 Å². The summed E-state index contributed by atoms with van der Waals surface area (Å²) >= 11 is 0. The van der Waals surface area contributed by atoms with E-state index in [9.17, 15) is 0 Å². The Balaban J connectivity index is -0.000000270. The summed E-state index contributed by atoms with van der Waals surface area (Å²) in [7, 11) is 3.98. The van der Waals surface area contributed by atoms with Crippen molar-refractivity contribution in [2.75, 3.05) is 14.1 Å². The molecule has 2 heterocycles. The quantitative estimate of drug-likeness (QED) is 0.563. The normalized spacial score (nSPS) is 15.6. The Morgan fingerprint density at radius 2 is 1.00 bits per heavy atom. The molecular weight excluding hydrogens is 256 g/mol. The van der Waals surface area contributed by atoms with Gasteiger partial charge in [-0.2, -0.15) is 0 Å². The second-order valence-electron chi connectivity index (χ2n) is 4.61. The van der Waals surface area contributed by atoms with Crippen LogP contribution in [-0.2, 0) is 0 Å². The average Bonchev–Trinajstić information content (AvgIpc) is 2.30. The number of allylic oxidation sites excluding steroid dienone is 6. The maximum absolute atomic E-state index is 3.84. The largest absolute Gasteiger partial charge is 0.352 e. The zero-order chi connectivity index (χ0) is 13.7. The maximum atomic E-state index is 3.84. The van der Waals surface area contributed by atoms with E-state index in [4.69, 9.17) is 0 Å². The molecule has 2 aliphatic rings. The second-order valence-corrected chi connectivity index (χ2v) is 4.61. The third kappa shape index (κ3) is 8.03. The van der Waals surface area contributed by atoms with Crippen molar-refractivity contribution in [2.24, 2.45) is 0 Å². The summed E-state index contributed by atoms with van der Waals surface area (Å²) in [5, 5.41) is 0. The van der Waals surface area contributed by atoms with E-state index >= 15 is 0 Å². The van der Waals surface area contributed by atoms with Crippen LogP contribution in [-0.4, -0.2) is 23.9 Å². The van der Waals surface area contributed by atoms with E-state index in [0.717, 1.165) is 11.4 Å². The first-order valence-corrected chi connectivity index (χ1v) is 5.96. The van der Waals surface area contributed by atoms with Crippen LogP contribution in [0.25, 0.3) is 0 Å². The van der Waals surface area contributed by atoms with E-state index in [1.54, 1.807) is 0 Å². The summed E-state index contributed by atoms with van der Waals surface area (Å²) in [6.45, 7) is 11.8. The van der Waals surface area contributed by atoms with Crippen molar-refractivity contribution >= 4 is 0 Å². The molecule has 0 aliphatic carbocycles. The number of hydrogen-bond acceptors (Lipinski definition) is 2. The van der Waals surface area contributed by atoms with Crippen LogP contribution < -0.4 is 0 Å². The maximum Gasteiger partial charge on any atom is 0.0333 e. The highest BCUT2D eigenvalue weighted by Crippen LogP contribution is 2.12. The van der Waals surface area contributed by atoms with Gasteiger partial charge in [0.15, 0.2) is 0 Å². The van der Waals surface area contributed by atoms with Crippen molar-refractivity contribution in [1.82, 2.24) is 9.80 Å². The van der Waals surface area contributed by atoms with Gasteiger partial charge in [-0.15, -0.1) is 0 Å². The van der Waals surface area contributed by atoms with Gasteiger partial charge in [0.1, 0.15) is 0 Å². The minimum Gasteiger partial charge on any atom is -0.352 e. The topological polar surface area (TPSA) is 6.48 Å². The minimum atomic E-state index is 0. The molecule has 0 fully saturated rings. The smallest absolute Gasteiger partial charge is 0.0333 e. The molecule has 2 heteroatoms. The first-order chi connectivity index (χ1) is 8.40. The lowest BCUT2D eigenvalue weighted by Crippen LogP contribution is -2.09. The van der Waals surface area contributed by atoms with Gasteiger partial charge in [0.2, 0.25) is 0 Å². The molecule has 2 aliphatic heterocycles. The number of hydrogen-bond donors (Lipinski definition) is 0. The molecule has 0 saturated carbocycles. The number of rotatable bonds is 0. The van der Waals surface area contributed by atoms with Crippen molar-refractivity contribution in [3.8, 4) is 0 Å². The minimum absolute atomic E-state index is 0. The predicted octanol–water partition coefficient (Wildman–Crippen LogP) is 5.72. The first-order valence-electron chi connectivity index (χ1n) is 5.96. The lowest BCUT2D eigenvalue weighted by atomic mass is 10.2. The van der Waals surface area contributed by atoms with E-state index in [2.05, 4.69) is 51.3 Å². The first kappa shape index (κ1) is 24.1. The SMILES string of the molecule is C.C.C.C=C1C=C(C)C=CN1C.C=C1C=C(C)C=CN1C. The van der Waals surface area contributed by atoms with E-state index in [0.29, 0.717) is 0 Å². The lowest BCUT2D eigenvalue weighted by Gasteiger charge is -2.17. The molecule has 0 aromatic carbocycles. The van der Waals surface area contributed by atoms with Crippen LogP contribution in [0, 0.1) is 0 Å². The Kier molecular flexibility index (Phi) is 12.4. The van der Waals surface area contributed by atoms with Crippen LogP contribution in [0.3, 0.4) is 0 Å². The van der Waals surface area contributed by atoms with Crippen molar-refractivity contribution in [1.29, 1.82) is 0 Å². The summed E-state index contributed by atoms with van der Waals surface area (Å²) in [6, 6.07) is 0. The van der Waals surface area contributed by atoms with Gasteiger partial charge in [-0.25, -0.2) is 0 Å². The number of nitrogens with zero attached hydrogens (tertiary/aromatic N) is 2. The molecule has 0 aromatic heterocycles. The van der Waals surface area contributed by atoms with E-state index in [1.807, 2.05) is 36.3 Å². The summed E-state index contributed by atoms with van der Waals surface area (Å²) in [5.41, 5.74) is 4.63. The molecule has 2 rings (SSSR count). The summed E-state index contributed by atoms with van der Waals surface area (Å²) in [4.78, 5) is 3.99. The Hall–Kier alpha value is -1.96. The highest BCUT2D eigenvalue weighted by molar-refractivity contribution is 5.32. The van der Waals surface area contributed by atoms with Crippen LogP contribution in [0.4, 0.5) is 0 Å². The molecule has 0 N–H and O–H groups in total. The third-order valence-electron chi connectivity index (χ3n) is 2.82. The monoisotopic (exact) mass is 290 g/mol. The molecule has 0 radical (unpaired) electrons. The Bertz CT molecular complexity index is 418. The summed E-state index contributed by atoms with van der Waals surface area (Å²) in [6.07, 6.45) is 12.3. The molecule has 21 heavy (non-hydrogen) atoms. The second kappa shape index (κ2) is 10.8. The summed E-state index contributed by atoms with van der Waals surface area (Å²) in [5.74, 6) is 0. The fourth-order valence-corrected chi connectivity index (χ4v) is 1.48. The molecule has 0 atom stereocenters. The van der Waals surface area contributed by atoms with E-state index < -0.39 is 0 Å². The highest BCUT2D eigenvalue weighted by atomic mass is 15.1. The van der Waals surface area contributed by atoms with Crippen molar-refractivity contribution < 1.29 is 0 Å². The number of likely N-dealkylation sites (N-methyl/N-ethyl adjacent to an activating group) is 2. The van der Waals surface area contributed by atoms with Crippen LogP contribution in [0.2, 0.25) is 0 Å². The fourth-order valence-electron chi connectivity index (χ4n) is 1.48. The molecule has 2 nitrogen and oxygen atoms in total. The van der Waals surface area contributed by atoms with Crippen molar-refractivity contribution in [3.05, 3.63) is 72.4 Å². The van der Waals surface area contributed by atoms with Crippen LogP contribution >= 0.6 is 0 Å². The van der Waals surface area contributed by atoms with Gasteiger partial charge in [-0.3, -0.25) is 0 Å². The molecule has 0 spiro atoms. The fraction of sp³-hybridized carbons (Fsp3) is 0.368. The molecular formula is C19H34N2. The molecule has 120 valence electrons. The van der Waals surface area contributed by atoms with Gasteiger partial charge in [-0.05, 0) is 49.3 Å².